The number of hydrogen-bond donors (Lipinski definition) is 2. The van der Waals surface area contributed by atoms with Crippen molar-refractivity contribution < 1.29 is 14.3 Å². The number of nitrogens with one attached hydrogen (secondary N) is 1. The van der Waals surface area contributed by atoms with Crippen LogP contribution in [0.15, 0.2) is 54.7 Å². The molecule has 2 aliphatic rings. The summed E-state index contributed by atoms with van der Waals surface area (Å²) >= 11 is 5.90. The third kappa shape index (κ3) is 3.16. The fraction of sp³-hybridized carbons (Fsp3) is 0.320. The molecule has 3 aromatic rings. The standard InChI is InChI=1S/C25H21ClFN3O2/c26-16-1-4-18(5-2-16)30-22(31)24(15-28)14-23(24)8-10-25(32,11-9-23)20-7-12-29-21-6-3-17(27)13-19(20)21/h1-7,12-13,32H,8-11,14H2,(H,30,31). The molecule has 5 nitrogen and oxygen atoms in total. The lowest BCUT2D eigenvalue weighted by Gasteiger charge is -2.38. The Morgan fingerprint density at radius 1 is 1.12 bits per heavy atom. The first-order valence-electron chi connectivity index (χ1n) is 10.6. The van der Waals surface area contributed by atoms with Crippen molar-refractivity contribution in [3.8, 4) is 6.07 Å². The van der Waals surface area contributed by atoms with Crippen LogP contribution in [0.2, 0.25) is 5.02 Å². The molecule has 1 unspecified atom stereocenters. The molecular formula is C25H21ClFN3O2. The van der Waals surface area contributed by atoms with E-state index in [1.54, 1.807) is 42.6 Å². The summed E-state index contributed by atoms with van der Waals surface area (Å²) < 4.78 is 13.9. The predicted octanol–water partition coefficient (Wildman–Crippen LogP) is 5.33. The van der Waals surface area contributed by atoms with Gasteiger partial charge in [-0.05, 0) is 86.2 Å². The third-order valence-corrected chi connectivity index (χ3v) is 7.56. The number of hydrogen-bond acceptors (Lipinski definition) is 4. The van der Waals surface area contributed by atoms with E-state index >= 15 is 0 Å². The van der Waals surface area contributed by atoms with Gasteiger partial charge in [-0.15, -0.1) is 0 Å². The summed E-state index contributed by atoms with van der Waals surface area (Å²) in [4.78, 5) is 17.3. The van der Waals surface area contributed by atoms with E-state index in [0.717, 1.165) is 0 Å². The number of amides is 1. The van der Waals surface area contributed by atoms with Gasteiger partial charge in [0.2, 0.25) is 5.91 Å². The Balaban J connectivity index is 1.37. The van der Waals surface area contributed by atoms with E-state index in [4.69, 9.17) is 11.6 Å². The van der Waals surface area contributed by atoms with Crippen LogP contribution >= 0.6 is 11.6 Å². The van der Waals surface area contributed by atoms with Crippen molar-refractivity contribution in [3.63, 3.8) is 0 Å². The Morgan fingerprint density at radius 3 is 2.53 bits per heavy atom. The maximum atomic E-state index is 13.9. The van der Waals surface area contributed by atoms with Crippen molar-refractivity contribution in [2.75, 3.05) is 5.32 Å². The van der Waals surface area contributed by atoms with Gasteiger partial charge in [-0.1, -0.05) is 11.6 Å². The molecule has 5 rings (SSSR count). The van der Waals surface area contributed by atoms with Crippen LogP contribution in [0, 0.1) is 28.0 Å². The highest BCUT2D eigenvalue weighted by Gasteiger charge is 2.73. The molecule has 1 heterocycles. The summed E-state index contributed by atoms with van der Waals surface area (Å²) in [5, 5.41) is 25.4. The molecule has 7 heteroatoms. The number of anilines is 1. The molecule has 1 atom stereocenters. The van der Waals surface area contributed by atoms with E-state index in [1.807, 2.05) is 0 Å². The Morgan fingerprint density at radius 2 is 1.84 bits per heavy atom. The maximum absolute atomic E-state index is 13.9. The summed E-state index contributed by atoms with van der Waals surface area (Å²) in [6.07, 6.45) is 3.93. The zero-order chi connectivity index (χ0) is 22.6. The van der Waals surface area contributed by atoms with Crippen molar-refractivity contribution >= 4 is 34.1 Å². The van der Waals surface area contributed by atoms with Gasteiger partial charge in [-0.25, -0.2) is 4.39 Å². The van der Waals surface area contributed by atoms with Crippen LogP contribution in [-0.4, -0.2) is 16.0 Å². The van der Waals surface area contributed by atoms with E-state index in [1.165, 1.54) is 12.1 Å². The number of aliphatic hydroxyl groups is 1. The fourth-order valence-electron chi connectivity index (χ4n) is 5.30. The molecule has 2 fully saturated rings. The second kappa shape index (κ2) is 7.26. The average molecular weight is 450 g/mol. The number of carbonyl (C=O) groups excluding carboxylic acids is 1. The molecule has 0 saturated heterocycles. The van der Waals surface area contributed by atoms with Gasteiger partial charge < -0.3 is 10.4 Å². The highest BCUT2D eigenvalue weighted by atomic mass is 35.5. The van der Waals surface area contributed by atoms with Crippen molar-refractivity contribution in [2.45, 2.75) is 37.7 Å². The van der Waals surface area contributed by atoms with Gasteiger partial charge in [-0.3, -0.25) is 9.78 Å². The Kier molecular flexibility index (Phi) is 4.74. The molecule has 0 radical (unpaired) electrons. The van der Waals surface area contributed by atoms with Crippen LogP contribution in [-0.2, 0) is 10.4 Å². The molecule has 1 spiro atoms. The van der Waals surface area contributed by atoms with E-state index in [0.29, 0.717) is 59.3 Å². The minimum absolute atomic E-state index is 0.316. The van der Waals surface area contributed by atoms with Gasteiger partial charge in [0.1, 0.15) is 11.2 Å². The second-order valence-corrected chi connectivity index (χ2v) is 9.42. The van der Waals surface area contributed by atoms with Crippen LogP contribution in [0.25, 0.3) is 10.9 Å². The molecule has 32 heavy (non-hydrogen) atoms. The fourth-order valence-corrected chi connectivity index (χ4v) is 5.43. The number of pyridine rings is 1. The lowest BCUT2D eigenvalue weighted by Crippen LogP contribution is -2.37. The van der Waals surface area contributed by atoms with E-state index in [2.05, 4.69) is 16.4 Å². The zero-order valence-electron chi connectivity index (χ0n) is 17.2. The predicted molar refractivity (Wildman–Crippen MR) is 119 cm³/mol. The number of benzene rings is 2. The molecule has 1 aromatic heterocycles. The second-order valence-electron chi connectivity index (χ2n) is 8.99. The topological polar surface area (TPSA) is 86.0 Å². The largest absolute Gasteiger partial charge is 0.385 e. The van der Waals surface area contributed by atoms with E-state index in [-0.39, 0.29) is 11.7 Å². The summed E-state index contributed by atoms with van der Waals surface area (Å²) in [7, 11) is 0. The highest BCUT2D eigenvalue weighted by Crippen LogP contribution is 2.72. The molecule has 2 saturated carbocycles. The average Bonchev–Trinajstić information content (AvgIpc) is 3.45. The van der Waals surface area contributed by atoms with Gasteiger partial charge in [-0.2, -0.15) is 5.26 Å². The molecule has 162 valence electrons. The molecule has 2 aromatic carbocycles. The number of nitrogens with zero attached hydrogens (tertiary/aromatic N) is 2. The van der Waals surface area contributed by atoms with Crippen molar-refractivity contribution in [3.05, 3.63) is 71.1 Å². The van der Waals surface area contributed by atoms with Crippen LogP contribution in [0.4, 0.5) is 10.1 Å². The Labute approximate surface area is 189 Å². The van der Waals surface area contributed by atoms with Crippen molar-refractivity contribution in [2.24, 2.45) is 10.8 Å². The molecule has 0 aliphatic heterocycles. The van der Waals surface area contributed by atoms with Crippen LogP contribution < -0.4 is 5.32 Å². The minimum atomic E-state index is -1.16. The first-order valence-corrected chi connectivity index (χ1v) is 10.9. The van der Waals surface area contributed by atoms with Crippen molar-refractivity contribution in [1.82, 2.24) is 4.98 Å². The monoisotopic (exact) mass is 449 g/mol. The summed E-state index contributed by atoms with van der Waals surface area (Å²) in [6.45, 7) is 0. The van der Waals surface area contributed by atoms with Crippen LogP contribution in [0.5, 0.6) is 0 Å². The van der Waals surface area contributed by atoms with Crippen molar-refractivity contribution in [1.29, 1.82) is 5.26 Å². The number of nitriles is 1. The van der Waals surface area contributed by atoms with Crippen LogP contribution in [0.3, 0.4) is 0 Å². The number of carbonyl (C=O) groups is 1. The number of aromatic nitrogens is 1. The number of halogens is 2. The zero-order valence-corrected chi connectivity index (χ0v) is 18.0. The molecule has 2 aliphatic carbocycles. The van der Waals surface area contributed by atoms with Gasteiger partial charge in [0.25, 0.3) is 0 Å². The molecular weight excluding hydrogens is 429 g/mol. The van der Waals surface area contributed by atoms with E-state index in [9.17, 15) is 19.6 Å². The first-order chi connectivity index (χ1) is 15.3. The van der Waals surface area contributed by atoms with Crippen LogP contribution in [0.1, 0.15) is 37.7 Å². The Hall–Kier alpha value is -3.01. The maximum Gasteiger partial charge on any atom is 0.245 e. The molecule has 1 amide bonds. The third-order valence-electron chi connectivity index (χ3n) is 7.30. The van der Waals surface area contributed by atoms with Gasteiger partial charge in [0, 0.05) is 27.7 Å². The minimum Gasteiger partial charge on any atom is -0.385 e. The van der Waals surface area contributed by atoms with Gasteiger partial charge in [0.15, 0.2) is 0 Å². The van der Waals surface area contributed by atoms with Gasteiger partial charge in [0.05, 0.1) is 17.2 Å². The lowest BCUT2D eigenvalue weighted by atomic mass is 9.70. The highest BCUT2D eigenvalue weighted by molar-refractivity contribution is 6.30. The number of fused-ring (bicyclic) bond motifs is 1. The summed E-state index contributed by atoms with van der Waals surface area (Å²) in [5.41, 5.74) is -0.868. The summed E-state index contributed by atoms with van der Waals surface area (Å²) in [6, 6.07) is 15.1. The SMILES string of the molecule is N#CC1(C(=O)Nc2ccc(Cl)cc2)CC12CCC(O)(c1ccnc3ccc(F)cc13)CC2. The normalized spacial score (nSPS) is 28.9. The van der Waals surface area contributed by atoms with Gasteiger partial charge >= 0.3 is 0 Å². The number of rotatable bonds is 3. The Bertz CT molecular complexity index is 1260. The lowest BCUT2D eigenvalue weighted by molar-refractivity contribution is -0.121. The first kappa shape index (κ1) is 20.9. The summed E-state index contributed by atoms with van der Waals surface area (Å²) in [5.74, 6) is -0.698. The molecule has 0 bridgehead atoms. The quantitative estimate of drug-likeness (QED) is 0.566. The van der Waals surface area contributed by atoms with E-state index < -0.39 is 16.4 Å². The smallest absolute Gasteiger partial charge is 0.245 e. The molecule has 2 N–H and O–H groups in total.